The number of benzene rings is 2. The fourth-order valence-corrected chi connectivity index (χ4v) is 4.02. The number of hydrogen-bond donors (Lipinski definition) is 0. The average molecular weight is 458 g/mol. The summed E-state index contributed by atoms with van der Waals surface area (Å²) in [6, 6.07) is 14.2. The first kappa shape index (κ1) is 23.0. The van der Waals surface area contributed by atoms with Crippen LogP contribution in [-0.4, -0.2) is 52.4 Å². The lowest BCUT2D eigenvalue weighted by molar-refractivity contribution is -0.185. The SMILES string of the molecule is C#CCO[C@@H]1[C@@H](N2C(=O)c3ccccc3C2=O)C(=O)N1C(C(=O)OCc1ccccc1)=C(C)C. The van der Waals surface area contributed by atoms with Crippen molar-refractivity contribution in [1.82, 2.24) is 9.80 Å². The second-order valence-corrected chi connectivity index (χ2v) is 7.99. The van der Waals surface area contributed by atoms with Gasteiger partial charge in [-0.2, -0.15) is 0 Å². The van der Waals surface area contributed by atoms with Crippen LogP contribution < -0.4 is 0 Å². The van der Waals surface area contributed by atoms with E-state index in [4.69, 9.17) is 15.9 Å². The van der Waals surface area contributed by atoms with Crippen LogP contribution in [0.4, 0.5) is 0 Å². The summed E-state index contributed by atoms with van der Waals surface area (Å²) in [6.07, 6.45) is 4.21. The Kier molecular flexibility index (Phi) is 6.30. The van der Waals surface area contributed by atoms with Crippen LogP contribution in [0, 0.1) is 12.3 Å². The van der Waals surface area contributed by atoms with E-state index in [-0.39, 0.29) is 30.0 Å². The van der Waals surface area contributed by atoms with Gasteiger partial charge in [-0.3, -0.25) is 24.2 Å². The first-order valence-corrected chi connectivity index (χ1v) is 10.6. The van der Waals surface area contributed by atoms with Gasteiger partial charge in [-0.15, -0.1) is 6.42 Å². The number of β-lactam (4-membered cyclic amide) rings is 1. The molecule has 2 atom stereocenters. The Morgan fingerprint density at radius 1 is 0.971 bits per heavy atom. The smallest absolute Gasteiger partial charge is 0.355 e. The van der Waals surface area contributed by atoms with Crippen LogP contribution >= 0.6 is 0 Å². The molecule has 2 aliphatic heterocycles. The lowest BCUT2D eigenvalue weighted by Crippen LogP contribution is -2.72. The molecule has 0 spiro atoms. The molecule has 2 heterocycles. The standard InChI is InChI=1S/C26H22N2O6/c1-4-14-33-25-21(27-22(29)18-12-8-9-13-19(18)23(27)30)24(31)28(25)20(16(2)3)26(32)34-15-17-10-6-5-7-11-17/h1,5-13,21,25H,14-15H2,2-3H3/t21-,25+/m0/s1. The van der Waals surface area contributed by atoms with E-state index in [1.54, 1.807) is 38.1 Å². The number of imide groups is 1. The number of terminal acetylenes is 1. The average Bonchev–Trinajstić information content (AvgIpc) is 3.08. The molecule has 1 saturated heterocycles. The molecule has 0 bridgehead atoms. The van der Waals surface area contributed by atoms with Crippen LogP contribution in [0.5, 0.6) is 0 Å². The highest BCUT2D eigenvalue weighted by Gasteiger charge is 2.59. The summed E-state index contributed by atoms with van der Waals surface area (Å²) >= 11 is 0. The van der Waals surface area contributed by atoms with Gasteiger partial charge < -0.3 is 9.47 Å². The van der Waals surface area contributed by atoms with E-state index < -0.39 is 36.0 Å². The van der Waals surface area contributed by atoms with Crippen LogP contribution in [0.2, 0.25) is 0 Å². The van der Waals surface area contributed by atoms with Crippen molar-refractivity contribution in [2.75, 3.05) is 6.61 Å². The molecule has 0 radical (unpaired) electrons. The third kappa shape index (κ3) is 3.87. The highest BCUT2D eigenvalue weighted by atomic mass is 16.5. The molecule has 8 nitrogen and oxygen atoms in total. The maximum absolute atomic E-state index is 13.3. The molecule has 2 aromatic rings. The van der Waals surface area contributed by atoms with Crippen LogP contribution in [0.25, 0.3) is 0 Å². The molecule has 1 fully saturated rings. The Hall–Kier alpha value is -4.22. The van der Waals surface area contributed by atoms with Crippen molar-refractivity contribution in [1.29, 1.82) is 0 Å². The molecule has 172 valence electrons. The van der Waals surface area contributed by atoms with Gasteiger partial charge in [-0.05, 0) is 37.1 Å². The van der Waals surface area contributed by atoms with Crippen LogP contribution in [-0.2, 0) is 25.7 Å². The van der Waals surface area contributed by atoms with E-state index in [2.05, 4.69) is 5.92 Å². The summed E-state index contributed by atoms with van der Waals surface area (Å²) in [5, 5.41) is 0. The van der Waals surface area contributed by atoms with Crippen LogP contribution in [0.15, 0.2) is 65.9 Å². The van der Waals surface area contributed by atoms with Gasteiger partial charge in [0.05, 0.1) is 11.1 Å². The fourth-order valence-electron chi connectivity index (χ4n) is 4.02. The molecule has 0 N–H and O–H groups in total. The number of carbonyl (C=O) groups is 4. The van der Waals surface area contributed by atoms with Crippen LogP contribution in [0.1, 0.15) is 40.1 Å². The van der Waals surface area contributed by atoms with Crippen molar-refractivity contribution in [3.63, 3.8) is 0 Å². The third-order valence-corrected chi connectivity index (χ3v) is 5.58. The summed E-state index contributed by atoms with van der Waals surface area (Å²) in [6.45, 7) is 3.12. The molecule has 0 unspecified atom stereocenters. The van der Waals surface area contributed by atoms with Crippen LogP contribution in [0.3, 0.4) is 0 Å². The highest BCUT2D eigenvalue weighted by molar-refractivity contribution is 6.23. The summed E-state index contributed by atoms with van der Waals surface area (Å²) < 4.78 is 11.1. The fraction of sp³-hybridized carbons (Fsp3) is 0.231. The summed E-state index contributed by atoms with van der Waals surface area (Å²) in [7, 11) is 0. The molecule has 8 heteroatoms. The van der Waals surface area contributed by atoms with Gasteiger partial charge in [0.15, 0.2) is 12.3 Å². The zero-order chi connectivity index (χ0) is 24.4. The van der Waals surface area contributed by atoms with Gasteiger partial charge in [-0.1, -0.05) is 48.4 Å². The van der Waals surface area contributed by atoms with Gasteiger partial charge in [0.25, 0.3) is 17.7 Å². The number of esters is 1. The number of allylic oxidation sites excluding steroid dienone is 1. The normalized spacial score (nSPS) is 18.8. The minimum atomic E-state index is -1.25. The minimum absolute atomic E-state index is 0.0101. The molecule has 3 amide bonds. The number of likely N-dealkylation sites (tertiary alicyclic amines) is 1. The van der Waals surface area contributed by atoms with Gasteiger partial charge in [0, 0.05) is 0 Å². The van der Waals surface area contributed by atoms with Gasteiger partial charge in [0.1, 0.15) is 18.9 Å². The lowest BCUT2D eigenvalue weighted by atomic mass is 9.99. The molecule has 34 heavy (non-hydrogen) atoms. The van der Waals surface area contributed by atoms with E-state index in [1.165, 1.54) is 12.1 Å². The van der Waals surface area contributed by atoms with Crippen molar-refractivity contribution in [3.8, 4) is 12.3 Å². The summed E-state index contributed by atoms with van der Waals surface area (Å²) in [5.41, 5.74) is 1.68. The van der Waals surface area contributed by atoms with Gasteiger partial charge >= 0.3 is 5.97 Å². The molecular formula is C26H22N2O6. The van der Waals surface area contributed by atoms with E-state index in [9.17, 15) is 19.2 Å². The number of rotatable bonds is 7. The van der Waals surface area contributed by atoms with Crippen molar-refractivity contribution in [3.05, 3.63) is 82.6 Å². The zero-order valence-corrected chi connectivity index (χ0v) is 18.7. The Morgan fingerprint density at radius 2 is 1.56 bits per heavy atom. The quantitative estimate of drug-likeness (QED) is 0.208. The van der Waals surface area contributed by atoms with E-state index in [0.717, 1.165) is 15.4 Å². The van der Waals surface area contributed by atoms with Crippen molar-refractivity contribution in [2.45, 2.75) is 32.7 Å². The summed E-state index contributed by atoms with van der Waals surface area (Å²) in [5.74, 6) is -0.246. The first-order chi connectivity index (χ1) is 16.4. The highest BCUT2D eigenvalue weighted by Crippen LogP contribution is 2.36. The van der Waals surface area contributed by atoms with Crippen molar-refractivity contribution in [2.24, 2.45) is 0 Å². The Balaban J connectivity index is 1.60. The topological polar surface area (TPSA) is 93.2 Å². The second-order valence-electron chi connectivity index (χ2n) is 7.99. The number of fused-ring (bicyclic) bond motifs is 1. The van der Waals surface area contributed by atoms with Crippen molar-refractivity contribution >= 4 is 23.7 Å². The molecule has 0 saturated carbocycles. The molecule has 0 aromatic heterocycles. The number of hydrogen-bond acceptors (Lipinski definition) is 6. The third-order valence-electron chi connectivity index (χ3n) is 5.58. The number of nitrogens with zero attached hydrogens (tertiary/aromatic N) is 2. The monoisotopic (exact) mass is 458 g/mol. The number of amides is 3. The lowest BCUT2D eigenvalue weighted by Gasteiger charge is -2.48. The zero-order valence-electron chi connectivity index (χ0n) is 18.7. The van der Waals surface area contributed by atoms with Gasteiger partial charge in [0.2, 0.25) is 0 Å². The second kappa shape index (κ2) is 9.33. The Morgan fingerprint density at radius 3 is 2.12 bits per heavy atom. The maximum Gasteiger partial charge on any atom is 0.355 e. The molecular weight excluding hydrogens is 436 g/mol. The van der Waals surface area contributed by atoms with E-state index in [1.807, 2.05) is 18.2 Å². The number of ether oxygens (including phenoxy) is 2. The summed E-state index contributed by atoms with van der Waals surface area (Å²) in [4.78, 5) is 54.1. The van der Waals surface area contributed by atoms with Gasteiger partial charge in [-0.25, -0.2) is 4.79 Å². The number of carbonyl (C=O) groups excluding carboxylic acids is 4. The largest absolute Gasteiger partial charge is 0.456 e. The first-order valence-electron chi connectivity index (χ1n) is 10.6. The Bertz CT molecular complexity index is 1200. The minimum Gasteiger partial charge on any atom is -0.456 e. The Labute approximate surface area is 196 Å². The maximum atomic E-state index is 13.3. The molecule has 4 rings (SSSR count). The van der Waals surface area contributed by atoms with E-state index >= 15 is 0 Å². The van der Waals surface area contributed by atoms with E-state index in [0.29, 0.717) is 5.57 Å². The molecule has 2 aromatic carbocycles. The van der Waals surface area contributed by atoms with Crippen molar-refractivity contribution < 1.29 is 28.7 Å². The predicted octanol–water partition coefficient (Wildman–Crippen LogP) is 2.51. The predicted molar refractivity (Wildman–Crippen MR) is 121 cm³/mol. The molecule has 2 aliphatic rings. The molecule has 0 aliphatic carbocycles.